The summed E-state index contributed by atoms with van der Waals surface area (Å²) in [5.74, 6) is 0. The molecule has 0 unspecified atom stereocenters. The number of thiol groups is 1. The van der Waals surface area contributed by atoms with E-state index in [1.165, 1.54) is 4.90 Å². The van der Waals surface area contributed by atoms with Crippen LogP contribution in [0.25, 0.3) is 5.65 Å². The van der Waals surface area contributed by atoms with E-state index >= 15 is 0 Å². The molecule has 2 heterocycles. The van der Waals surface area contributed by atoms with Crippen LogP contribution in [0.1, 0.15) is 0 Å². The van der Waals surface area contributed by atoms with Crippen molar-refractivity contribution in [3.8, 4) is 0 Å². The summed E-state index contributed by atoms with van der Waals surface area (Å²) in [7, 11) is -0.00322. The monoisotopic (exact) mass is 180 g/mol. The Morgan fingerprint density at radius 3 is 2.92 bits per heavy atom. The van der Waals surface area contributed by atoms with Crippen LogP contribution in [0, 0.1) is 0 Å². The summed E-state index contributed by atoms with van der Waals surface area (Å²) < 4.78 is 2.03. The fourth-order valence-corrected chi connectivity index (χ4v) is 1.92. The number of fused-ring (bicyclic) bond motifs is 1. The third kappa shape index (κ3) is 1.20. The SMILES string of the molecule is C[SH](C)c1ccn2ccnc2c1. The summed E-state index contributed by atoms with van der Waals surface area (Å²) in [4.78, 5) is 5.64. The Hall–Kier alpha value is -0.960. The van der Waals surface area contributed by atoms with Crippen molar-refractivity contribution in [3.63, 3.8) is 0 Å². The van der Waals surface area contributed by atoms with Gasteiger partial charge in [-0.2, -0.15) is 0 Å². The first-order chi connectivity index (χ1) is 5.77. The molecule has 0 aliphatic carbocycles. The maximum absolute atomic E-state index is 4.24. The number of imidazole rings is 1. The van der Waals surface area contributed by atoms with Crippen LogP contribution >= 0.6 is 10.9 Å². The highest BCUT2D eigenvalue weighted by Crippen LogP contribution is 2.28. The number of nitrogens with zero attached hydrogens (tertiary/aromatic N) is 2. The average molecular weight is 180 g/mol. The van der Waals surface area contributed by atoms with Crippen LogP contribution < -0.4 is 0 Å². The van der Waals surface area contributed by atoms with Gasteiger partial charge in [0.15, 0.2) is 0 Å². The molecule has 0 saturated heterocycles. The van der Waals surface area contributed by atoms with E-state index < -0.39 is 0 Å². The first-order valence-corrected chi connectivity index (χ1v) is 6.11. The van der Waals surface area contributed by atoms with Crippen molar-refractivity contribution in [2.75, 3.05) is 12.5 Å². The second-order valence-corrected chi connectivity index (χ2v) is 5.28. The molecule has 64 valence electrons. The predicted molar refractivity (Wildman–Crippen MR) is 54.3 cm³/mol. The summed E-state index contributed by atoms with van der Waals surface area (Å²) >= 11 is 0. The molecule has 2 aromatic rings. The molecule has 0 N–H and O–H groups in total. The third-order valence-corrected chi connectivity index (χ3v) is 3.21. The lowest BCUT2D eigenvalue weighted by atomic mass is 10.5. The summed E-state index contributed by atoms with van der Waals surface area (Å²) in [5, 5.41) is 0. The predicted octanol–water partition coefficient (Wildman–Crippen LogP) is 1.95. The number of hydrogen-bond acceptors (Lipinski definition) is 1. The van der Waals surface area contributed by atoms with Crippen LogP contribution in [0.4, 0.5) is 0 Å². The number of aromatic nitrogens is 2. The van der Waals surface area contributed by atoms with Crippen molar-refractivity contribution >= 4 is 16.5 Å². The van der Waals surface area contributed by atoms with Crippen LogP contribution in [0.3, 0.4) is 0 Å². The maximum atomic E-state index is 4.24. The molecule has 0 bridgehead atoms. The van der Waals surface area contributed by atoms with Crippen molar-refractivity contribution in [1.29, 1.82) is 0 Å². The smallest absolute Gasteiger partial charge is 0.137 e. The van der Waals surface area contributed by atoms with Crippen LogP contribution in [0.2, 0.25) is 0 Å². The van der Waals surface area contributed by atoms with Gasteiger partial charge in [0.05, 0.1) is 0 Å². The van der Waals surface area contributed by atoms with Crippen molar-refractivity contribution in [3.05, 3.63) is 30.7 Å². The zero-order valence-corrected chi connectivity index (χ0v) is 8.12. The molecule has 0 fully saturated rings. The van der Waals surface area contributed by atoms with E-state index in [2.05, 4.69) is 35.8 Å². The van der Waals surface area contributed by atoms with Gasteiger partial charge >= 0.3 is 0 Å². The normalized spacial score (nSPS) is 12.0. The van der Waals surface area contributed by atoms with Crippen molar-refractivity contribution < 1.29 is 0 Å². The van der Waals surface area contributed by atoms with Gasteiger partial charge in [0.25, 0.3) is 0 Å². The molecular weight excluding hydrogens is 168 g/mol. The van der Waals surface area contributed by atoms with Crippen LogP contribution in [0.15, 0.2) is 35.6 Å². The Morgan fingerprint density at radius 1 is 1.33 bits per heavy atom. The van der Waals surface area contributed by atoms with Crippen LogP contribution in [0.5, 0.6) is 0 Å². The summed E-state index contributed by atoms with van der Waals surface area (Å²) in [6.07, 6.45) is 10.4. The number of pyridine rings is 1. The third-order valence-electron chi connectivity index (χ3n) is 1.90. The van der Waals surface area contributed by atoms with E-state index in [-0.39, 0.29) is 10.9 Å². The zero-order valence-electron chi connectivity index (χ0n) is 7.23. The minimum Gasteiger partial charge on any atom is -0.307 e. The minimum absolute atomic E-state index is 0.00322. The first-order valence-electron chi connectivity index (χ1n) is 3.87. The minimum atomic E-state index is -0.00322. The number of rotatable bonds is 1. The highest BCUT2D eigenvalue weighted by atomic mass is 32.2. The van der Waals surface area contributed by atoms with Gasteiger partial charge in [0.2, 0.25) is 0 Å². The molecule has 2 rings (SSSR count). The molecule has 0 aromatic carbocycles. The van der Waals surface area contributed by atoms with Gasteiger partial charge in [-0.3, -0.25) is 0 Å². The fraction of sp³-hybridized carbons (Fsp3) is 0.222. The largest absolute Gasteiger partial charge is 0.307 e. The van der Waals surface area contributed by atoms with E-state index in [1.54, 1.807) is 0 Å². The molecule has 0 radical (unpaired) electrons. The van der Waals surface area contributed by atoms with E-state index in [4.69, 9.17) is 0 Å². The highest BCUT2D eigenvalue weighted by Gasteiger charge is 1.97. The Morgan fingerprint density at radius 2 is 2.17 bits per heavy atom. The molecule has 2 aromatic heterocycles. The lowest BCUT2D eigenvalue weighted by Gasteiger charge is -2.08. The molecule has 0 aliphatic rings. The van der Waals surface area contributed by atoms with E-state index in [0.29, 0.717) is 0 Å². The Labute approximate surface area is 74.6 Å². The summed E-state index contributed by atoms with van der Waals surface area (Å²) in [6.45, 7) is 0. The second-order valence-electron chi connectivity index (χ2n) is 2.97. The molecule has 0 atom stereocenters. The van der Waals surface area contributed by atoms with Crippen LogP contribution in [-0.2, 0) is 0 Å². The average Bonchev–Trinajstić information content (AvgIpc) is 2.49. The summed E-state index contributed by atoms with van der Waals surface area (Å²) in [5.41, 5.74) is 1.05. The lowest BCUT2D eigenvalue weighted by Crippen LogP contribution is -1.84. The Bertz CT molecular complexity index is 392. The molecule has 0 saturated carbocycles. The van der Waals surface area contributed by atoms with Gasteiger partial charge < -0.3 is 4.40 Å². The van der Waals surface area contributed by atoms with Crippen molar-refractivity contribution in [1.82, 2.24) is 9.38 Å². The Balaban J connectivity index is 2.60. The quantitative estimate of drug-likeness (QED) is 0.664. The molecule has 2 nitrogen and oxygen atoms in total. The highest BCUT2D eigenvalue weighted by molar-refractivity contribution is 8.15. The zero-order chi connectivity index (χ0) is 8.55. The Kier molecular flexibility index (Phi) is 1.81. The topological polar surface area (TPSA) is 17.3 Å². The van der Waals surface area contributed by atoms with E-state index in [0.717, 1.165) is 5.65 Å². The second kappa shape index (κ2) is 2.83. The van der Waals surface area contributed by atoms with Crippen LogP contribution in [-0.4, -0.2) is 21.9 Å². The van der Waals surface area contributed by atoms with Crippen molar-refractivity contribution in [2.24, 2.45) is 0 Å². The standard InChI is InChI=1S/C9H12N2S/c1-12(2)8-3-5-11-6-4-10-9(11)7-8/h3-7,12H,1-2H3. The van der Waals surface area contributed by atoms with E-state index in [9.17, 15) is 0 Å². The molecule has 3 heteroatoms. The molecular formula is C9H12N2S. The lowest BCUT2D eigenvalue weighted by molar-refractivity contribution is 1.16. The van der Waals surface area contributed by atoms with Gasteiger partial charge in [-0.1, -0.05) is 0 Å². The maximum Gasteiger partial charge on any atom is 0.137 e. The first kappa shape index (κ1) is 7.68. The molecule has 0 spiro atoms. The van der Waals surface area contributed by atoms with Crippen molar-refractivity contribution in [2.45, 2.75) is 4.90 Å². The van der Waals surface area contributed by atoms with Gasteiger partial charge in [-0.25, -0.2) is 15.9 Å². The summed E-state index contributed by atoms with van der Waals surface area (Å²) in [6, 6.07) is 4.33. The molecule has 0 aliphatic heterocycles. The molecule has 12 heavy (non-hydrogen) atoms. The van der Waals surface area contributed by atoms with Gasteiger partial charge in [-0.15, -0.1) is 0 Å². The van der Waals surface area contributed by atoms with Gasteiger partial charge in [-0.05, 0) is 29.5 Å². The van der Waals surface area contributed by atoms with Gasteiger partial charge in [0.1, 0.15) is 5.65 Å². The van der Waals surface area contributed by atoms with Gasteiger partial charge in [0, 0.05) is 18.6 Å². The van der Waals surface area contributed by atoms with E-state index in [1.807, 2.05) is 16.8 Å². The number of hydrogen-bond donors (Lipinski definition) is 1. The fourth-order valence-electron chi connectivity index (χ4n) is 1.18. The molecule has 0 amide bonds.